The summed E-state index contributed by atoms with van der Waals surface area (Å²) in [6, 6.07) is 3.19. The van der Waals surface area contributed by atoms with Gasteiger partial charge in [-0.2, -0.15) is 8.42 Å². The van der Waals surface area contributed by atoms with Gasteiger partial charge in [0.05, 0.1) is 4.92 Å². The van der Waals surface area contributed by atoms with Crippen molar-refractivity contribution in [1.82, 2.24) is 9.88 Å². The van der Waals surface area contributed by atoms with Crippen LogP contribution in [0.2, 0.25) is 5.15 Å². The fourth-order valence-electron chi connectivity index (χ4n) is 1.47. The molecule has 0 saturated heterocycles. The SMILES string of the molecule is CC(=C([N+](=O)[O-])S(=O)(=O)O)N(C)Cc1ccc(Cl)nc1. The van der Waals surface area contributed by atoms with E-state index in [1.54, 1.807) is 12.1 Å². The normalized spacial score (nSPS) is 12.8. The lowest BCUT2D eigenvalue weighted by Gasteiger charge is -2.18. The number of aromatic nitrogens is 1. The average molecular weight is 322 g/mol. The lowest BCUT2D eigenvalue weighted by atomic mass is 10.2. The zero-order valence-corrected chi connectivity index (χ0v) is 12.2. The van der Waals surface area contributed by atoms with E-state index >= 15 is 0 Å². The predicted octanol–water partition coefficient (Wildman–Crippen LogP) is 1.52. The first kappa shape index (κ1) is 16.3. The van der Waals surface area contributed by atoms with Crippen LogP contribution in [0.5, 0.6) is 0 Å². The summed E-state index contributed by atoms with van der Waals surface area (Å²) in [6.45, 7) is 1.40. The van der Waals surface area contributed by atoms with Gasteiger partial charge in [-0.15, -0.1) is 0 Å². The summed E-state index contributed by atoms with van der Waals surface area (Å²) in [7, 11) is -3.45. The first-order valence-electron chi connectivity index (χ1n) is 5.27. The van der Waals surface area contributed by atoms with Crippen molar-refractivity contribution in [2.45, 2.75) is 13.5 Å². The van der Waals surface area contributed by atoms with Gasteiger partial charge in [0.1, 0.15) is 10.9 Å². The molecule has 1 rings (SSSR count). The number of hydrogen-bond donors (Lipinski definition) is 1. The Kier molecular flexibility index (Phi) is 5.03. The van der Waals surface area contributed by atoms with Crippen LogP contribution in [-0.4, -0.2) is 34.8 Å². The summed E-state index contributed by atoms with van der Waals surface area (Å²) in [5.41, 5.74) is 0.488. The molecular formula is C10H12ClN3O5S. The number of hydrogen-bond acceptors (Lipinski definition) is 6. The number of allylic oxidation sites excluding steroid dienone is 1. The van der Waals surface area contributed by atoms with Gasteiger partial charge < -0.3 is 4.90 Å². The van der Waals surface area contributed by atoms with E-state index in [-0.39, 0.29) is 12.2 Å². The highest BCUT2D eigenvalue weighted by Crippen LogP contribution is 2.17. The molecule has 20 heavy (non-hydrogen) atoms. The Hall–Kier alpha value is -1.71. The van der Waals surface area contributed by atoms with E-state index in [2.05, 4.69) is 4.98 Å². The smallest absolute Gasteiger partial charge is 0.368 e. The Labute approximate surface area is 120 Å². The zero-order valence-electron chi connectivity index (χ0n) is 10.6. The van der Waals surface area contributed by atoms with Crippen molar-refractivity contribution >= 4 is 21.7 Å². The number of rotatable bonds is 5. The Morgan fingerprint density at radius 3 is 2.55 bits per heavy atom. The van der Waals surface area contributed by atoms with Gasteiger partial charge >= 0.3 is 15.1 Å². The fourth-order valence-corrected chi connectivity index (χ4v) is 2.30. The molecule has 0 spiro atoms. The molecule has 8 nitrogen and oxygen atoms in total. The fraction of sp³-hybridized carbons (Fsp3) is 0.300. The third-order valence-electron chi connectivity index (χ3n) is 2.50. The number of halogens is 1. The van der Waals surface area contributed by atoms with E-state index < -0.39 is 20.1 Å². The molecular weight excluding hydrogens is 310 g/mol. The highest BCUT2D eigenvalue weighted by Gasteiger charge is 2.31. The van der Waals surface area contributed by atoms with Crippen LogP contribution in [0.3, 0.4) is 0 Å². The van der Waals surface area contributed by atoms with Gasteiger partial charge in [-0.3, -0.25) is 14.7 Å². The summed E-state index contributed by atoms with van der Waals surface area (Å²) < 4.78 is 30.9. The van der Waals surface area contributed by atoms with Crippen molar-refractivity contribution in [2.24, 2.45) is 0 Å². The molecule has 0 saturated carbocycles. The van der Waals surface area contributed by atoms with Crippen molar-refractivity contribution in [3.63, 3.8) is 0 Å². The van der Waals surface area contributed by atoms with Gasteiger partial charge in [-0.25, -0.2) is 4.98 Å². The van der Waals surface area contributed by atoms with E-state index in [0.29, 0.717) is 10.7 Å². The van der Waals surface area contributed by atoms with E-state index in [9.17, 15) is 18.5 Å². The topological polar surface area (TPSA) is 114 Å². The van der Waals surface area contributed by atoms with Gasteiger partial charge in [0.15, 0.2) is 0 Å². The van der Waals surface area contributed by atoms with Crippen LogP contribution in [0.15, 0.2) is 29.1 Å². The molecule has 0 unspecified atom stereocenters. The number of pyridine rings is 1. The van der Waals surface area contributed by atoms with Crippen LogP contribution in [0.4, 0.5) is 0 Å². The largest absolute Gasteiger partial charge is 0.403 e. The summed E-state index contributed by atoms with van der Waals surface area (Å²) >= 11 is 5.63. The molecule has 1 aromatic heterocycles. The Balaban J connectivity index is 3.08. The predicted molar refractivity (Wildman–Crippen MR) is 72.0 cm³/mol. The molecule has 0 aliphatic rings. The van der Waals surface area contributed by atoms with E-state index in [1.807, 2.05) is 0 Å². The van der Waals surface area contributed by atoms with Crippen LogP contribution in [0.1, 0.15) is 12.5 Å². The minimum Gasteiger partial charge on any atom is -0.368 e. The quantitative estimate of drug-likeness (QED) is 0.378. The van der Waals surface area contributed by atoms with Crippen LogP contribution in [-0.2, 0) is 16.7 Å². The van der Waals surface area contributed by atoms with Gasteiger partial charge in [0.25, 0.3) is 0 Å². The van der Waals surface area contributed by atoms with Crippen molar-refractivity contribution in [3.05, 3.63) is 49.9 Å². The first-order chi connectivity index (χ1) is 9.12. The zero-order chi connectivity index (χ0) is 15.5. The summed E-state index contributed by atoms with van der Waals surface area (Å²) in [6.07, 6.45) is 1.46. The van der Waals surface area contributed by atoms with Crippen LogP contribution in [0, 0.1) is 10.1 Å². The third kappa shape index (κ3) is 4.15. The highest BCUT2D eigenvalue weighted by molar-refractivity contribution is 7.89. The summed E-state index contributed by atoms with van der Waals surface area (Å²) in [4.78, 5) is 14.8. The molecule has 0 aliphatic carbocycles. The second-order valence-electron chi connectivity index (χ2n) is 3.97. The minimum absolute atomic E-state index is 0.170. The van der Waals surface area contributed by atoms with Gasteiger partial charge in [-0.05, 0) is 18.6 Å². The molecule has 110 valence electrons. The molecule has 0 bridgehead atoms. The van der Waals surface area contributed by atoms with Gasteiger partial charge in [-0.1, -0.05) is 17.7 Å². The van der Waals surface area contributed by atoms with E-state index in [1.165, 1.54) is 25.1 Å². The van der Waals surface area contributed by atoms with Crippen molar-refractivity contribution in [2.75, 3.05) is 7.05 Å². The minimum atomic E-state index is -4.91. The molecule has 0 aromatic carbocycles. The van der Waals surface area contributed by atoms with E-state index in [4.69, 9.17) is 16.2 Å². The maximum atomic E-state index is 11.0. The Morgan fingerprint density at radius 1 is 1.55 bits per heavy atom. The van der Waals surface area contributed by atoms with E-state index in [0.717, 1.165) is 0 Å². The molecule has 1 heterocycles. The molecule has 0 fully saturated rings. The monoisotopic (exact) mass is 321 g/mol. The maximum absolute atomic E-state index is 11.0. The standard InChI is InChI=1S/C10H12ClN3O5S/c1-7(10(14(15)16)20(17,18)19)13(2)6-8-3-4-9(11)12-5-8/h3-5H,6H2,1-2H3,(H,17,18,19). The van der Waals surface area contributed by atoms with Crippen molar-refractivity contribution in [1.29, 1.82) is 0 Å². The maximum Gasteiger partial charge on any atom is 0.403 e. The lowest BCUT2D eigenvalue weighted by molar-refractivity contribution is -0.414. The molecule has 10 heteroatoms. The third-order valence-corrected chi connectivity index (χ3v) is 3.66. The second-order valence-corrected chi connectivity index (χ2v) is 5.69. The molecule has 1 aromatic rings. The second kappa shape index (κ2) is 6.16. The summed E-state index contributed by atoms with van der Waals surface area (Å²) in [5, 5.41) is 9.79. The summed E-state index contributed by atoms with van der Waals surface area (Å²) in [5.74, 6) is 0. The Morgan fingerprint density at radius 2 is 2.15 bits per heavy atom. The van der Waals surface area contributed by atoms with Crippen LogP contribution in [0.25, 0.3) is 0 Å². The van der Waals surface area contributed by atoms with Gasteiger partial charge in [0, 0.05) is 19.8 Å². The van der Waals surface area contributed by atoms with Gasteiger partial charge in [0.2, 0.25) is 0 Å². The lowest BCUT2D eigenvalue weighted by Crippen LogP contribution is -2.23. The number of nitrogens with zero attached hydrogens (tertiary/aromatic N) is 3. The van der Waals surface area contributed by atoms with Crippen molar-refractivity contribution in [3.8, 4) is 0 Å². The average Bonchev–Trinajstić information content (AvgIpc) is 2.29. The van der Waals surface area contributed by atoms with Crippen molar-refractivity contribution < 1.29 is 17.9 Å². The molecule has 0 amide bonds. The molecule has 0 radical (unpaired) electrons. The van der Waals surface area contributed by atoms with Crippen LogP contribution >= 0.6 is 11.6 Å². The molecule has 0 aliphatic heterocycles. The Bertz CT molecular complexity index is 641. The molecule has 0 atom stereocenters. The van der Waals surface area contributed by atoms with Crippen LogP contribution < -0.4 is 0 Å². The number of nitro groups is 1. The molecule has 1 N–H and O–H groups in total. The first-order valence-corrected chi connectivity index (χ1v) is 7.09. The highest BCUT2D eigenvalue weighted by atomic mass is 35.5.